The van der Waals surface area contributed by atoms with Crippen molar-refractivity contribution in [3.05, 3.63) is 65.5 Å². The molecule has 0 aliphatic carbocycles. The smallest absolute Gasteiger partial charge is 0.137 e. The first-order chi connectivity index (χ1) is 8.74. The Morgan fingerprint density at radius 3 is 2.67 bits per heavy atom. The average Bonchev–Trinajstić information content (AvgIpc) is 2.86. The number of rotatable bonds is 2. The van der Waals surface area contributed by atoms with Gasteiger partial charge in [-0.3, -0.25) is 0 Å². The van der Waals surface area contributed by atoms with Crippen LogP contribution in [0.3, 0.4) is 0 Å². The lowest BCUT2D eigenvalue weighted by Crippen LogP contribution is -2.00. The summed E-state index contributed by atoms with van der Waals surface area (Å²) in [4.78, 5) is 7.33. The fraction of sp³-hybridized carbons (Fsp3) is 0.133. The molecule has 0 bridgehead atoms. The Bertz CT molecular complexity index is 670. The van der Waals surface area contributed by atoms with Crippen LogP contribution in [0.5, 0.6) is 0 Å². The van der Waals surface area contributed by atoms with E-state index in [1.807, 2.05) is 49.5 Å². The monoisotopic (exact) mass is 238 g/mol. The highest BCUT2D eigenvalue weighted by atomic mass is 16.3. The van der Waals surface area contributed by atoms with Crippen LogP contribution >= 0.6 is 0 Å². The van der Waals surface area contributed by atoms with Gasteiger partial charge in [-0.15, -0.1) is 0 Å². The number of hydrogen-bond acceptors (Lipinski definition) is 2. The van der Waals surface area contributed by atoms with Gasteiger partial charge in [0.05, 0.1) is 0 Å². The van der Waals surface area contributed by atoms with Crippen LogP contribution in [-0.4, -0.2) is 15.1 Å². The standard InChI is InChI=1S/C15H14N2O/c1-10-2-4-11(5-3-10)14(18)13-8-12-6-7-16-15(12)17-9-13/h2-9,14,18H,1H3,(H,16,17). The summed E-state index contributed by atoms with van der Waals surface area (Å²) in [6.07, 6.45) is 2.93. The summed E-state index contributed by atoms with van der Waals surface area (Å²) < 4.78 is 0. The SMILES string of the molecule is Cc1ccc(C(O)c2cnc3[nH]ccc3c2)cc1. The van der Waals surface area contributed by atoms with Gasteiger partial charge in [-0.1, -0.05) is 29.8 Å². The van der Waals surface area contributed by atoms with Crippen LogP contribution in [0.15, 0.2) is 48.8 Å². The minimum atomic E-state index is -0.627. The third kappa shape index (κ3) is 1.89. The van der Waals surface area contributed by atoms with Crippen molar-refractivity contribution in [2.45, 2.75) is 13.0 Å². The Morgan fingerprint density at radius 1 is 1.11 bits per heavy atom. The fourth-order valence-corrected chi connectivity index (χ4v) is 2.05. The predicted octanol–water partition coefficient (Wildman–Crippen LogP) is 2.95. The number of nitrogens with one attached hydrogen (secondary N) is 1. The van der Waals surface area contributed by atoms with Crippen molar-refractivity contribution >= 4 is 11.0 Å². The second-order valence-electron chi connectivity index (χ2n) is 4.50. The van der Waals surface area contributed by atoms with Crippen LogP contribution in [0.2, 0.25) is 0 Å². The van der Waals surface area contributed by atoms with Crippen LogP contribution in [-0.2, 0) is 0 Å². The van der Waals surface area contributed by atoms with E-state index in [0.717, 1.165) is 22.2 Å². The topological polar surface area (TPSA) is 48.9 Å². The maximum absolute atomic E-state index is 10.3. The molecule has 0 radical (unpaired) electrons. The normalized spacial score (nSPS) is 12.8. The molecular weight excluding hydrogens is 224 g/mol. The minimum absolute atomic E-state index is 0.627. The van der Waals surface area contributed by atoms with Gasteiger partial charge >= 0.3 is 0 Å². The number of fused-ring (bicyclic) bond motifs is 1. The Morgan fingerprint density at radius 2 is 1.89 bits per heavy atom. The predicted molar refractivity (Wildman–Crippen MR) is 71.3 cm³/mol. The highest BCUT2D eigenvalue weighted by Gasteiger charge is 2.11. The van der Waals surface area contributed by atoms with Crippen LogP contribution < -0.4 is 0 Å². The number of benzene rings is 1. The summed E-state index contributed by atoms with van der Waals surface area (Å²) in [7, 11) is 0. The molecule has 90 valence electrons. The molecule has 0 fully saturated rings. The fourth-order valence-electron chi connectivity index (χ4n) is 2.05. The van der Waals surface area contributed by atoms with Gasteiger partial charge in [0.1, 0.15) is 11.8 Å². The van der Waals surface area contributed by atoms with Crippen LogP contribution in [0.1, 0.15) is 22.8 Å². The summed E-state index contributed by atoms with van der Waals surface area (Å²) in [5.41, 5.74) is 3.73. The lowest BCUT2D eigenvalue weighted by Gasteiger charge is -2.11. The third-order valence-corrected chi connectivity index (χ3v) is 3.13. The van der Waals surface area contributed by atoms with Crippen molar-refractivity contribution in [3.8, 4) is 0 Å². The van der Waals surface area contributed by atoms with Gasteiger partial charge < -0.3 is 10.1 Å². The molecule has 1 unspecified atom stereocenters. The average molecular weight is 238 g/mol. The van der Waals surface area contributed by atoms with E-state index in [9.17, 15) is 5.11 Å². The molecule has 0 aliphatic heterocycles. The van der Waals surface area contributed by atoms with E-state index >= 15 is 0 Å². The lowest BCUT2D eigenvalue weighted by molar-refractivity contribution is 0.220. The molecule has 3 rings (SSSR count). The molecular formula is C15H14N2O. The Hall–Kier alpha value is -2.13. The van der Waals surface area contributed by atoms with Crippen molar-refractivity contribution in [2.75, 3.05) is 0 Å². The first kappa shape index (κ1) is 11.0. The molecule has 3 nitrogen and oxygen atoms in total. The van der Waals surface area contributed by atoms with E-state index in [0.29, 0.717) is 0 Å². The van der Waals surface area contributed by atoms with Crippen molar-refractivity contribution in [1.29, 1.82) is 0 Å². The number of aliphatic hydroxyl groups excluding tert-OH is 1. The van der Waals surface area contributed by atoms with Gasteiger partial charge in [-0.25, -0.2) is 4.98 Å². The molecule has 3 aromatic rings. The maximum Gasteiger partial charge on any atom is 0.137 e. The number of pyridine rings is 1. The molecule has 18 heavy (non-hydrogen) atoms. The summed E-state index contributed by atoms with van der Waals surface area (Å²) in [6.45, 7) is 2.03. The molecule has 1 atom stereocenters. The van der Waals surface area contributed by atoms with Crippen molar-refractivity contribution < 1.29 is 5.11 Å². The first-order valence-corrected chi connectivity index (χ1v) is 5.92. The van der Waals surface area contributed by atoms with Crippen LogP contribution in [0, 0.1) is 6.92 Å². The van der Waals surface area contributed by atoms with E-state index in [1.54, 1.807) is 6.20 Å². The molecule has 0 spiro atoms. The Kier molecular flexibility index (Phi) is 2.61. The Labute approximate surface area is 105 Å². The molecule has 0 saturated carbocycles. The van der Waals surface area contributed by atoms with E-state index in [4.69, 9.17) is 0 Å². The molecule has 2 aromatic heterocycles. The molecule has 0 aliphatic rings. The highest BCUT2D eigenvalue weighted by Crippen LogP contribution is 2.23. The lowest BCUT2D eigenvalue weighted by atomic mass is 10.0. The molecule has 1 aromatic carbocycles. The summed E-state index contributed by atoms with van der Waals surface area (Å²) in [5, 5.41) is 11.3. The van der Waals surface area contributed by atoms with E-state index in [2.05, 4.69) is 9.97 Å². The maximum atomic E-state index is 10.3. The van der Waals surface area contributed by atoms with Gasteiger partial charge in [0, 0.05) is 23.3 Å². The minimum Gasteiger partial charge on any atom is -0.384 e. The zero-order valence-corrected chi connectivity index (χ0v) is 10.1. The molecule has 0 amide bonds. The number of aryl methyl sites for hydroxylation is 1. The van der Waals surface area contributed by atoms with Gasteiger partial charge in [0.2, 0.25) is 0 Å². The summed E-state index contributed by atoms with van der Waals surface area (Å²) in [5.74, 6) is 0. The number of aromatic nitrogens is 2. The second kappa shape index (κ2) is 4.27. The van der Waals surface area contributed by atoms with E-state index < -0.39 is 6.10 Å². The number of H-pyrrole nitrogens is 1. The van der Waals surface area contributed by atoms with Gasteiger partial charge in [-0.05, 0) is 24.6 Å². The second-order valence-corrected chi connectivity index (χ2v) is 4.50. The van der Waals surface area contributed by atoms with Crippen LogP contribution in [0.4, 0.5) is 0 Å². The molecule has 2 N–H and O–H groups in total. The van der Waals surface area contributed by atoms with E-state index in [-0.39, 0.29) is 0 Å². The number of hydrogen-bond donors (Lipinski definition) is 2. The molecule has 3 heteroatoms. The molecule has 0 saturated heterocycles. The van der Waals surface area contributed by atoms with Gasteiger partial charge in [0.25, 0.3) is 0 Å². The van der Waals surface area contributed by atoms with Crippen LogP contribution in [0.25, 0.3) is 11.0 Å². The quantitative estimate of drug-likeness (QED) is 0.721. The van der Waals surface area contributed by atoms with Gasteiger partial charge in [0.15, 0.2) is 0 Å². The largest absolute Gasteiger partial charge is 0.384 e. The first-order valence-electron chi connectivity index (χ1n) is 5.92. The zero-order chi connectivity index (χ0) is 12.5. The third-order valence-electron chi connectivity index (χ3n) is 3.13. The number of nitrogens with zero attached hydrogens (tertiary/aromatic N) is 1. The summed E-state index contributed by atoms with van der Waals surface area (Å²) >= 11 is 0. The van der Waals surface area contributed by atoms with Gasteiger partial charge in [-0.2, -0.15) is 0 Å². The Balaban J connectivity index is 2.00. The van der Waals surface area contributed by atoms with Crippen molar-refractivity contribution in [1.82, 2.24) is 9.97 Å². The molecule has 2 heterocycles. The van der Waals surface area contributed by atoms with Crippen molar-refractivity contribution in [2.24, 2.45) is 0 Å². The summed E-state index contributed by atoms with van der Waals surface area (Å²) in [6, 6.07) is 11.8. The number of aromatic amines is 1. The highest BCUT2D eigenvalue weighted by molar-refractivity contribution is 5.75. The number of aliphatic hydroxyl groups is 1. The zero-order valence-electron chi connectivity index (χ0n) is 10.1. The van der Waals surface area contributed by atoms with E-state index in [1.165, 1.54) is 5.56 Å². The van der Waals surface area contributed by atoms with Crippen molar-refractivity contribution in [3.63, 3.8) is 0 Å².